The molecule has 0 saturated carbocycles. The van der Waals surface area contributed by atoms with Gasteiger partial charge < -0.3 is 4.74 Å². The van der Waals surface area contributed by atoms with Crippen LogP contribution in [0.3, 0.4) is 0 Å². The lowest BCUT2D eigenvalue weighted by molar-refractivity contribution is 0.300. The standard InChI is InChI=1S/C25H23NO4S2/c1-16-14-22(19-6-2-4-8-21(19)26-16)30-15-17-10-12-18(13-11-17)24-20-7-3-5-9-23(20)31-25(24)32(27,28)29/h3,5,7,9-14H,2,4,6,8,15H2,1H3,(H,27,28,29). The number of rotatable bonds is 5. The molecule has 0 radical (unpaired) electrons. The van der Waals surface area contributed by atoms with Crippen LogP contribution in [0.4, 0.5) is 0 Å². The Morgan fingerprint density at radius 2 is 1.81 bits per heavy atom. The summed E-state index contributed by atoms with van der Waals surface area (Å²) in [6.07, 6.45) is 4.34. The molecule has 2 heterocycles. The Kier molecular flexibility index (Phi) is 5.49. The van der Waals surface area contributed by atoms with Crippen molar-refractivity contribution in [3.63, 3.8) is 0 Å². The van der Waals surface area contributed by atoms with Crippen molar-refractivity contribution >= 4 is 31.5 Å². The van der Waals surface area contributed by atoms with Gasteiger partial charge in [0.15, 0.2) is 4.21 Å². The molecule has 0 spiro atoms. The van der Waals surface area contributed by atoms with Crippen LogP contribution in [0.1, 0.15) is 35.4 Å². The highest BCUT2D eigenvalue weighted by molar-refractivity contribution is 7.88. The van der Waals surface area contributed by atoms with Gasteiger partial charge in [-0.2, -0.15) is 8.42 Å². The van der Waals surface area contributed by atoms with E-state index in [9.17, 15) is 13.0 Å². The molecule has 4 aromatic rings. The zero-order valence-electron chi connectivity index (χ0n) is 17.7. The van der Waals surface area contributed by atoms with Gasteiger partial charge in [-0.25, -0.2) is 0 Å². The topological polar surface area (TPSA) is 76.5 Å². The van der Waals surface area contributed by atoms with Crippen LogP contribution in [0.2, 0.25) is 0 Å². The second-order valence-corrected chi connectivity index (χ2v) is 10.8. The molecule has 2 aromatic carbocycles. The smallest absolute Gasteiger partial charge is 0.304 e. The maximum atomic E-state index is 12.0. The number of hydrogen-bond acceptors (Lipinski definition) is 5. The number of aromatic nitrogens is 1. The van der Waals surface area contributed by atoms with Gasteiger partial charge in [0, 0.05) is 38.7 Å². The fraction of sp³-hybridized carbons (Fsp3) is 0.240. The minimum Gasteiger partial charge on any atom is -0.488 e. The van der Waals surface area contributed by atoms with E-state index in [1.807, 2.05) is 61.5 Å². The Morgan fingerprint density at radius 3 is 2.59 bits per heavy atom. The Labute approximate surface area is 191 Å². The number of pyridine rings is 1. The molecule has 0 fully saturated rings. The van der Waals surface area contributed by atoms with Gasteiger partial charge in [0.1, 0.15) is 12.4 Å². The first-order valence-electron chi connectivity index (χ1n) is 10.6. The van der Waals surface area contributed by atoms with E-state index in [0.29, 0.717) is 12.2 Å². The van der Waals surface area contributed by atoms with Crippen LogP contribution in [0.5, 0.6) is 5.75 Å². The summed E-state index contributed by atoms with van der Waals surface area (Å²) < 4.78 is 40.8. The molecule has 0 unspecified atom stereocenters. The number of thiophene rings is 1. The quantitative estimate of drug-likeness (QED) is 0.367. The summed E-state index contributed by atoms with van der Waals surface area (Å²) in [5.74, 6) is 0.911. The van der Waals surface area contributed by atoms with Gasteiger partial charge in [0.05, 0.1) is 0 Å². The predicted molar refractivity (Wildman–Crippen MR) is 127 cm³/mol. The molecule has 164 valence electrons. The Bertz CT molecular complexity index is 1410. The normalized spacial score (nSPS) is 13.8. The van der Waals surface area contributed by atoms with Crippen molar-refractivity contribution in [2.45, 2.75) is 43.4 Å². The minimum atomic E-state index is -4.32. The zero-order chi connectivity index (χ0) is 22.3. The highest BCUT2D eigenvalue weighted by atomic mass is 32.3. The molecule has 2 aromatic heterocycles. The van der Waals surface area contributed by atoms with Crippen LogP contribution in [-0.2, 0) is 29.6 Å². The van der Waals surface area contributed by atoms with E-state index in [1.165, 1.54) is 12.0 Å². The fourth-order valence-corrected chi connectivity index (χ4v) is 6.47. The average molecular weight is 466 g/mol. The number of aryl methyl sites for hydroxylation is 2. The average Bonchev–Trinajstić information content (AvgIpc) is 3.18. The number of benzene rings is 2. The van der Waals surface area contributed by atoms with Crippen LogP contribution in [-0.4, -0.2) is 18.0 Å². The van der Waals surface area contributed by atoms with Crippen LogP contribution in [0.25, 0.3) is 21.2 Å². The second kappa shape index (κ2) is 8.31. The monoisotopic (exact) mass is 465 g/mol. The van der Waals surface area contributed by atoms with E-state index in [0.717, 1.165) is 68.9 Å². The summed E-state index contributed by atoms with van der Waals surface area (Å²) in [6.45, 7) is 2.42. The third-order valence-electron chi connectivity index (χ3n) is 5.82. The number of fused-ring (bicyclic) bond motifs is 2. The van der Waals surface area contributed by atoms with Crippen molar-refractivity contribution in [1.82, 2.24) is 4.98 Å². The molecule has 5 rings (SSSR count). The van der Waals surface area contributed by atoms with Crippen molar-refractivity contribution in [2.75, 3.05) is 0 Å². The number of nitrogens with zero attached hydrogens (tertiary/aromatic N) is 1. The van der Waals surface area contributed by atoms with E-state index in [1.54, 1.807) is 0 Å². The first-order chi connectivity index (χ1) is 15.4. The van der Waals surface area contributed by atoms with Crippen molar-refractivity contribution < 1.29 is 17.7 Å². The van der Waals surface area contributed by atoms with E-state index in [4.69, 9.17) is 4.74 Å². The van der Waals surface area contributed by atoms with Crippen LogP contribution in [0.15, 0.2) is 58.8 Å². The molecule has 1 N–H and O–H groups in total. The first-order valence-corrected chi connectivity index (χ1v) is 12.9. The van der Waals surface area contributed by atoms with Gasteiger partial charge in [-0.15, -0.1) is 11.3 Å². The third kappa shape index (κ3) is 4.03. The van der Waals surface area contributed by atoms with E-state index in [-0.39, 0.29) is 4.21 Å². The Balaban J connectivity index is 1.44. The maximum Gasteiger partial charge on any atom is 0.304 e. The first kappa shape index (κ1) is 21.1. The van der Waals surface area contributed by atoms with Gasteiger partial charge in [0.25, 0.3) is 0 Å². The van der Waals surface area contributed by atoms with E-state index in [2.05, 4.69) is 4.98 Å². The lowest BCUT2D eigenvalue weighted by Gasteiger charge is -2.19. The second-order valence-electron chi connectivity index (χ2n) is 8.12. The third-order valence-corrected chi connectivity index (χ3v) is 8.34. The summed E-state index contributed by atoms with van der Waals surface area (Å²) in [6, 6.07) is 17.1. The van der Waals surface area contributed by atoms with Crippen molar-refractivity contribution in [3.8, 4) is 16.9 Å². The molecular weight excluding hydrogens is 442 g/mol. The molecule has 0 atom stereocenters. The van der Waals surface area contributed by atoms with E-state index >= 15 is 0 Å². The van der Waals surface area contributed by atoms with Gasteiger partial charge in [-0.05, 0) is 49.8 Å². The van der Waals surface area contributed by atoms with Gasteiger partial charge >= 0.3 is 10.1 Å². The largest absolute Gasteiger partial charge is 0.488 e. The number of ether oxygens (including phenoxy) is 1. The summed E-state index contributed by atoms with van der Waals surface area (Å²) in [4.78, 5) is 4.67. The van der Waals surface area contributed by atoms with Crippen LogP contribution >= 0.6 is 11.3 Å². The van der Waals surface area contributed by atoms with Crippen LogP contribution in [0, 0.1) is 6.92 Å². The molecule has 1 aliphatic rings. The zero-order valence-corrected chi connectivity index (χ0v) is 19.3. The lowest BCUT2D eigenvalue weighted by atomic mass is 9.95. The summed E-state index contributed by atoms with van der Waals surface area (Å²) in [5.41, 5.74) is 5.62. The molecule has 5 nitrogen and oxygen atoms in total. The molecule has 0 aliphatic heterocycles. The molecule has 0 amide bonds. The van der Waals surface area contributed by atoms with E-state index < -0.39 is 10.1 Å². The highest BCUT2D eigenvalue weighted by Gasteiger charge is 2.23. The SMILES string of the molecule is Cc1cc(OCc2ccc(-c3c(S(=O)(=O)O)sc4ccccc34)cc2)c2c(n1)CCCC2. The predicted octanol–water partition coefficient (Wildman–Crippen LogP) is 5.98. The maximum absolute atomic E-state index is 12.0. The Morgan fingerprint density at radius 1 is 1.06 bits per heavy atom. The van der Waals surface area contributed by atoms with Gasteiger partial charge in [-0.3, -0.25) is 9.54 Å². The molecule has 1 aliphatic carbocycles. The number of hydrogen-bond donors (Lipinski definition) is 1. The van der Waals surface area contributed by atoms with Crippen molar-refractivity contribution in [1.29, 1.82) is 0 Å². The molecule has 0 bridgehead atoms. The molecule has 32 heavy (non-hydrogen) atoms. The molecule has 7 heteroatoms. The summed E-state index contributed by atoms with van der Waals surface area (Å²) >= 11 is 1.08. The minimum absolute atomic E-state index is 0.0263. The fourth-order valence-electron chi connectivity index (χ4n) is 4.34. The highest BCUT2D eigenvalue weighted by Crippen LogP contribution is 2.41. The molecule has 0 saturated heterocycles. The Hall–Kier alpha value is -2.74. The van der Waals surface area contributed by atoms with Gasteiger partial charge in [0.2, 0.25) is 0 Å². The van der Waals surface area contributed by atoms with Crippen molar-refractivity contribution in [3.05, 3.63) is 77.1 Å². The van der Waals surface area contributed by atoms with Gasteiger partial charge in [-0.1, -0.05) is 42.5 Å². The van der Waals surface area contributed by atoms with Crippen molar-refractivity contribution in [2.24, 2.45) is 0 Å². The van der Waals surface area contributed by atoms with Crippen LogP contribution < -0.4 is 4.74 Å². The summed E-state index contributed by atoms with van der Waals surface area (Å²) in [5, 5.41) is 0.813. The lowest BCUT2D eigenvalue weighted by Crippen LogP contribution is -2.09. The molecular formula is C25H23NO4S2. The summed E-state index contributed by atoms with van der Waals surface area (Å²) in [7, 11) is -4.32.